The van der Waals surface area contributed by atoms with Crippen molar-refractivity contribution in [2.24, 2.45) is 11.8 Å². The molecule has 2 unspecified atom stereocenters. The number of benzene rings is 1. The van der Waals surface area contributed by atoms with Crippen LogP contribution in [0.3, 0.4) is 0 Å². The minimum absolute atomic E-state index is 0.134. The zero-order valence-corrected chi connectivity index (χ0v) is 12.4. The average molecular weight is 302 g/mol. The van der Waals surface area contributed by atoms with Crippen LogP contribution in [-0.2, 0) is 9.59 Å². The third kappa shape index (κ3) is 3.98. The first-order valence-electron chi connectivity index (χ1n) is 7.13. The van der Waals surface area contributed by atoms with Crippen LogP contribution in [0.15, 0.2) is 24.3 Å². The monoisotopic (exact) mass is 302 g/mol. The maximum Gasteiger partial charge on any atom is 0.308 e. The number of amides is 1. The molecular weight excluding hydrogens is 284 g/mol. The van der Waals surface area contributed by atoms with E-state index < -0.39 is 11.9 Å². The average Bonchev–Trinajstić information content (AvgIpc) is 2.52. The minimum Gasteiger partial charge on any atom is -0.484 e. The summed E-state index contributed by atoms with van der Waals surface area (Å²) in [7, 11) is 0. The Morgan fingerprint density at radius 3 is 2.64 bits per heavy atom. The van der Waals surface area contributed by atoms with Crippen LogP contribution in [0.4, 0.5) is 0 Å². The van der Waals surface area contributed by atoms with Crippen molar-refractivity contribution in [2.75, 3.05) is 19.7 Å². The van der Waals surface area contributed by atoms with Gasteiger partial charge in [0.15, 0.2) is 6.61 Å². The molecule has 1 amide bonds. The summed E-state index contributed by atoms with van der Waals surface area (Å²) in [6.45, 7) is 2.59. The lowest BCUT2D eigenvalue weighted by molar-refractivity contribution is -0.147. The number of rotatable bonds is 4. The van der Waals surface area contributed by atoms with Crippen LogP contribution in [0.2, 0.25) is 0 Å². The van der Waals surface area contributed by atoms with Gasteiger partial charge in [-0.05, 0) is 36.6 Å². The van der Waals surface area contributed by atoms with Crippen LogP contribution in [0.25, 0.3) is 0 Å². The highest BCUT2D eigenvalue weighted by molar-refractivity contribution is 5.79. The molecule has 6 heteroatoms. The first kappa shape index (κ1) is 15.8. The fourth-order valence-corrected chi connectivity index (χ4v) is 2.60. The topological polar surface area (TPSA) is 90.6 Å². The van der Waals surface area contributed by atoms with Crippen LogP contribution in [0, 0.1) is 23.2 Å². The third-order valence-electron chi connectivity index (χ3n) is 3.71. The second-order valence-corrected chi connectivity index (χ2v) is 5.60. The molecule has 2 atom stereocenters. The van der Waals surface area contributed by atoms with E-state index in [0.717, 1.165) is 0 Å². The molecule has 0 aliphatic carbocycles. The molecule has 2 rings (SSSR count). The molecule has 1 aromatic carbocycles. The molecule has 0 saturated carbocycles. The quantitative estimate of drug-likeness (QED) is 0.910. The highest BCUT2D eigenvalue weighted by atomic mass is 16.5. The fraction of sp³-hybridized carbons (Fsp3) is 0.438. The second kappa shape index (κ2) is 6.94. The van der Waals surface area contributed by atoms with Gasteiger partial charge in [-0.25, -0.2) is 0 Å². The van der Waals surface area contributed by atoms with E-state index in [1.54, 1.807) is 29.2 Å². The fourth-order valence-electron chi connectivity index (χ4n) is 2.60. The molecule has 0 radical (unpaired) electrons. The molecule has 0 spiro atoms. The molecule has 22 heavy (non-hydrogen) atoms. The number of carbonyl (C=O) groups is 2. The number of hydrogen-bond donors (Lipinski definition) is 1. The van der Waals surface area contributed by atoms with E-state index in [9.17, 15) is 9.59 Å². The number of likely N-dealkylation sites (tertiary alicyclic amines) is 1. The van der Waals surface area contributed by atoms with Crippen molar-refractivity contribution in [3.05, 3.63) is 29.8 Å². The Bertz CT molecular complexity index is 591. The zero-order chi connectivity index (χ0) is 16.1. The molecule has 0 aromatic heterocycles. The van der Waals surface area contributed by atoms with Crippen molar-refractivity contribution in [1.29, 1.82) is 5.26 Å². The summed E-state index contributed by atoms with van der Waals surface area (Å²) in [5.74, 6) is -0.928. The molecule has 1 aliphatic heterocycles. The molecule has 0 bridgehead atoms. The van der Waals surface area contributed by atoms with Crippen LogP contribution in [-0.4, -0.2) is 41.6 Å². The molecule has 1 N–H and O–H groups in total. The van der Waals surface area contributed by atoms with E-state index in [0.29, 0.717) is 24.3 Å². The highest BCUT2D eigenvalue weighted by Crippen LogP contribution is 2.22. The van der Waals surface area contributed by atoms with Crippen LogP contribution in [0.1, 0.15) is 18.9 Å². The predicted molar refractivity (Wildman–Crippen MR) is 78.1 cm³/mol. The molecule has 1 saturated heterocycles. The Kier molecular flexibility index (Phi) is 4.99. The number of carboxylic acid groups (broad SMARTS) is 1. The summed E-state index contributed by atoms with van der Waals surface area (Å²) in [6, 6.07) is 8.49. The van der Waals surface area contributed by atoms with E-state index in [2.05, 4.69) is 0 Å². The summed E-state index contributed by atoms with van der Waals surface area (Å²) in [6.07, 6.45) is 0.593. The van der Waals surface area contributed by atoms with Crippen molar-refractivity contribution in [1.82, 2.24) is 4.90 Å². The molecule has 1 aliphatic rings. The van der Waals surface area contributed by atoms with Gasteiger partial charge in [-0.1, -0.05) is 6.92 Å². The van der Waals surface area contributed by atoms with Crippen LogP contribution >= 0.6 is 0 Å². The highest BCUT2D eigenvalue weighted by Gasteiger charge is 2.31. The SMILES string of the molecule is CC1CC(C(=O)O)CN(C(=O)COc2ccc(C#N)cc2)C1. The predicted octanol–water partition coefficient (Wildman–Crippen LogP) is 1.51. The molecule has 1 heterocycles. The van der Waals surface area contributed by atoms with Gasteiger partial charge in [-0.3, -0.25) is 9.59 Å². The van der Waals surface area contributed by atoms with Gasteiger partial charge in [-0.2, -0.15) is 5.26 Å². The van der Waals surface area contributed by atoms with Gasteiger partial charge in [0.1, 0.15) is 5.75 Å². The van der Waals surface area contributed by atoms with E-state index in [4.69, 9.17) is 15.1 Å². The first-order chi connectivity index (χ1) is 10.5. The Morgan fingerprint density at radius 1 is 1.36 bits per heavy atom. The molecule has 116 valence electrons. The number of nitriles is 1. The van der Waals surface area contributed by atoms with E-state index in [1.165, 1.54) is 0 Å². The largest absolute Gasteiger partial charge is 0.484 e. The second-order valence-electron chi connectivity index (χ2n) is 5.60. The van der Waals surface area contributed by atoms with E-state index in [1.807, 2.05) is 13.0 Å². The summed E-state index contributed by atoms with van der Waals surface area (Å²) < 4.78 is 5.40. The van der Waals surface area contributed by atoms with E-state index in [-0.39, 0.29) is 25.0 Å². The number of carboxylic acids is 1. The van der Waals surface area contributed by atoms with Gasteiger partial charge in [-0.15, -0.1) is 0 Å². The van der Waals surface area contributed by atoms with Crippen molar-refractivity contribution in [3.63, 3.8) is 0 Å². The lowest BCUT2D eigenvalue weighted by Gasteiger charge is -2.34. The normalized spacial score (nSPS) is 21.0. The Hall–Kier alpha value is -2.55. The Labute approximate surface area is 128 Å². The Balaban J connectivity index is 1.90. The maximum atomic E-state index is 12.2. The molecule has 6 nitrogen and oxygen atoms in total. The van der Waals surface area contributed by atoms with Crippen molar-refractivity contribution >= 4 is 11.9 Å². The minimum atomic E-state index is -0.864. The van der Waals surface area contributed by atoms with Gasteiger partial charge < -0.3 is 14.7 Å². The smallest absolute Gasteiger partial charge is 0.308 e. The Morgan fingerprint density at radius 2 is 2.05 bits per heavy atom. The van der Waals surface area contributed by atoms with Crippen LogP contribution in [0.5, 0.6) is 5.75 Å². The number of aliphatic carboxylic acids is 1. The molecule has 1 fully saturated rings. The van der Waals surface area contributed by atoms with Gasteiger partial charge in [0.05, 0.1) is 17.6 Å². The molecule has 1 aromatic rings. The molecular formula is C16H18N2O4. The summed E-state index contributed by atoms with van der Waals surface area (Å²) in [5.41, 5.74) is 0.521. The van der Waals surface area contributed by atoms with Gasteiger partial charge in [0.25, 0.3) is 5.91 Å². The van der Waals surface area contributed by atoms with E-state index >= 15 is 0 Å². The summed E-state index contributed by atoms with van der Waals surface area (Å²) >= 11 is 0. The number of nitrogens with zero attached hydrogens (tertiary/aromatic N) is 2. The standard InChI is InChI=1S/C16H18N2O4/c1-11-6-13(16(20)21)9-18(8-11)15(19)10-22-14-4-2-12(7-17)3-5-14/h2-5,11,13H,6,8-10H2,1H3,(H,20,21). The number of hydrogen-bond acceptors (Lipinski definition) is 4. The zero-order valence-electron chi connectivity index (χ0n) is 12.4. The maximum absolute atomic E-state index is 12.2. The summed E-state index contributed by atoms with van der Waals surface area (Å²) in [4.78, 5) is 24.8. The number of piperidine rings is 1. The summed E-state index contributed by atoms with van der Waals surface area (Å²) in [5, 5.41) is 17.8. The lowest BCUT2D eigenvalue weighted by Crippen LogP contribution is -2.47. The third-order valence-corrected chi connectivity index (χ3v) is 3.71. The van der Waals surface area contributed by atoms with Crippen molar-refractivity contribution < 1.29 is 19.4 Å². The lowest BCUT2D eigenvalue weighted by atomic mass is 9.90. The van der Waals surface area contributed by atoms with Gasteiger partial charge >= 0.3 is 5.97 Å². The number of ether oxygens (including phenoxy) is 1. The number of carbonyl (C=O) groups excluding carboxylic acids is 1. The van der Waals surface area contributed by atoms with Gasteiger partial charge in [0.2, 0.25) is 0 Å². The van der Waals surface area contributed by atoms with Crippen molar-refractivity contribution in [2.45, 2.75) is 13.3 Å². The van der Waals surface area contributed by atoms with Gasteiger partial charge in [0, 0.05) is 13.1 Å². The van der Waals surface area contributed by atoms with Crippen LogP contribution < -0.4 is 4.74 Å². The first-order valence-corrected chi connectivity index (χ1v) is 7.13. The van der Waals surface area contributed by atoms with Crippen molar-refractivity contribution in [3.8, 4) is 11.8 Å².